The van der Waals surface area contributed by atoms with E-state index in [-0.39, 0.29) is 6.04 Å². The van der Waals surface area contributed by atoms with Crippen LogP contribution in [0.5, 0.6) is 0 Å². The van der Waals surface area contributed by atoms with Gasteiger partial charge in [-0.25, -0.2) is 0 Å². The van der Waals surface area contributed by atoms with Crippen LogP contribution < -0.4 is 10.6 Å². The molecule has 2 N–H and O–H groups in total. The Morgan fingerprint density at radius 1 is 1.15 bits per heavy atom. The predicted octanol–water partition coefficient (Wildman–Crippen LogP) is 5.47. The molecule has 0 bridgehead atoms. The lowest BCUT2D eigenvalue weighted by molar-refractivity contribution is 0.705. The second-order valence-electron chi connectivity index (χ2n) is 5.86. The highest BCUT2D eigenvalue weighted by Gasteiger charge is 2.12. The van der Waals surface area contributed by atoms with Crippen LogP contribution >= 0.6 is 0 Å². The lowest BCUT2D eigenvalue weighted by atomic mass is 10.0. The Morgan fingerprint density at radius 2 is 1.85 bits per heavy atom. The first-order chi connectivity index (χ1) is 12.4. The minimum absolute atomic E-state index is 0.0633. The van der Waals surface area contributed by atoms with Crippen molar-refractivity contribution in [3.63, 3.8) is 0 Å². The topological polar surface area (TPSA) is 47.9 Å². The number of hydrogen-bond donors (Lipinski definition) is 2. The van der Waals surface area contributed by atoms with Gasteiger partial charge in [0.15, 0.2) is 0 Å². The van der Waals surface area contributed by atoms with E-state index in [2.05, 4.69) is 55.9 Å². The summed E-state index contributed by atoms with van der Waals surface area (Å²) in [5.41, 5.74) is 4.02. The quantitative estimate of drug-likeness (QED) is 0.383. The molecule has 0 radical (unpaired) electrons. The van der Waals surface area contributed by atoms with E-state index in [0.29, 0.717) is 5.57 Å². The smallest absolute Gasteiger partial charge is 0.0988 e. The molecule has 0 amide bonds. The van der Waals surface area contributed by atoms with Gasteiger partial charge in [-0.05, 0) is 45.8 Å². The van der Waals surface area contributed by atoms with E-state index < -0.39 is 0 Å². The first-order valence-electron chi connectivity index (χ1n) is 9.07. The van der Waals surface area contributed by atoms with Gasteiger partial charge in [-0.1, -0.05) is 56.5 Å². The summed E-state index contributed by atoms with van der Waals surface area (Å²) in [6.45, 7) is 19.1. The number of hydrogen-bond acceptors (Lipinski definition) is 3. The highest BCUT2D eigenvalue weighted by molar-refractivity contribution is 5.50. The van der Waals surface area contributed by atoms with Crippen LogP contribution in [-0.2, 0) is 0 Å². The molecule has 3 nitrogen and oxygen atoms in total. The van der Waals surface area contributed by atoms with Crippen LogP contribution in [0.25, 0.3) is 0 Å². The molecule has 0 spiro atoms. The van der Waals surface area contributed by atoms with Crippen molar-refractivity contribution in [1.82, 2.24) is 10.6 Å². The van der Waals surface area contributed by atoms with Crippen LogP contribution in [0.15, 0.2) is 83.8 Å². The maximum Gasteiger partial charge on any atom is 0.0988 e. The molecular weight excluding hydrogens is 318 g/mol. The molecule has 0 fully saturated rings. The summed E-state index contributed by atoms with van der Waals surface area (Å²) < 4.78 is 0. The van der Waals surface area contributed by atoms with Gasteiger partial charge in [-0.15, -0.1) is 0 Å². The second-order valence-corrected chi connectivity index (χ2v) is 5.86. The van der Waals surface area contributed by atoms with Crippen LogP contribution in [0, 0.1) is 11.3 Å². The Labute approximate surface area is 159 Å². The molecule has 0 saturated carbocycles. The van der Waals surface area contributed by atoms with Crippen molar-refractivity contribution >= 4 is 0 Å². The third-order valence-electron chi connectivity index (χ3n) is 3.71. The van der Waals surface area contributed by atoms with E-state index in [1.54, 1.807) is 6.08 Å². The van der Waals surface area contributed by atoms with Crippen LogP contribution in [0.3, 0.4) is 0 Å². The van der Waals surface area contributed by atoms with E-state index in [1.807, 2.05) is 45.1 Å². The molecule has 1 unspecified atom stereocenters. The summed E-state index contributed by atoms with van der Waals surface area (Å²) in [6.07, 6.45) is 14.8. The van der Waals surface area contributed by atoms with Gasteiger partial charge in [-0.2, -0.15) is 5.26 Å². The molecule has 140 valence electrons. The number of nitrogens with one attached hydrogen (secondary N) is 2. The Kier molecular flexibility index (Phi) is 12.1. The van der Waals surface area contributed by atoms with Gasteiger partial charge in [0.25, 0.3) is 0 Å². The fraction of sp³-hybridized carbons (Fsp3) is 0.348. The largest absolute Gasteiger partial charge is 0.385 e. The van der Waals surface area contributed by atoms with Gasteiger partial charge < -0.3 is 10.6 Å². The minimum Gasteiger partial charge on any atom is -0.385 e. The zero-order chi connectivity index (χ0) is 19.9. The summed E-state index contributed by atoms with van der Waals surface area (Å²) >= 11 is 0. The van der Waals surface area contributed by atoms with Gasteiger partial charge in [0.05, 0.1) is 6.07 Å². The Hall–Kier alpha value is -2.73. The first-order valence-corrected chi connectivity index (χ1v) is 9.07. The maximum absolute atomic E-state index is 9.26. The second kappa shape index (κ2) is 13.5. The van der Waals surface area contributed by atoms with Crippen LogP contribution in [0.1, 0.15) is 41.0 Å². The highest BCUT2D eigenvalue weighted by atomic mass is 14.9. The van der Waals surface area contributed by atoms with Crippen molar-refractivity contribution in [1.29, 1.82) is 5.26 Å². The molecule has 0 aromatic carbocycles. The lowest BCUT2D eigenvalue weighted by Gasteiger charge is -2.22. The molecule has 0 aliphatic carbocycles. The number of rotatable bonds is 11. The fourth-order valence-corrected chi connectivity index (χ4v) is 2.23. The molecule has 0 aromatic rings. The summed E-state index contributed by atoms with van der Waals surface area (Å²) in [5, 5.41) is 16.0. The molecular formula is C23H33N3. The summed E-state index contributed by atoms with van der Waals surface area (Å²) in [7, 11) is 0. The maximum atomic E-state index is 9.26. The van der Waals surface area contributed by atoms with Crippen molar-refractivity contribution in [2.45, 2.75) is 47.1 Å². The predicted molar refractivity (Wildman–Crippen MR) is 114 cm³/mol. The van der Waals surface area contributed by atoms with Gasteiger partial charge >= 0.3 is 0 Å². The summed E-state index contributed by atoms with van der Waals surface area (Å²) in [4.78, 5) is 0. The average molecular weight is 352 g/mol. The van der Waals surface area contributed by atoms with E-state index in [4.69, 9.17) is 0 Å². The number of nitriles is 1. The Morgan fingerprint density at radius 3 is 2.35 bits per heavy atom. The minimum atomic E-state index is 0.0633. The van der Waals surface area contributed by atoms with Crippen molar-refractivity contribution in [2.24, 2.45) is 0 Å². The summed E-state index contributed by atoms with van der Waals surface area (Å²) in [5.74, 6) is 0. The first kappa shape index (κ1) is 23.3. The molecule has 0 saturated heterocycles. The molecule has 0 rings (SSSR count). The van der Waals surface area contributed by atoms with E-state index in [0.717, 1.165) is 35.5 Å². The Bertz CT molecular complexity index is 664. The van der Waals surface area contributed by atoms with Gasteiger partial charge in [0, 0.05) is 35.1 Å². The molecule has 0 heterocycles. The van der Waals surface area contributed by atoms with Gasteiger partial charge in [-0.3, -0.25) is 0 Å². The SMILES string of the molecule is C=C(NCCC)/C(=C\C(C#N)=C/C)C(=C)NC(C)C(/C=C\C)=C/C=C/C. The zero-order valence-corrected chi connectivity index (χ0v) is 16.9. The van der Waals surface area contributed by atoms with E-state index in [1.165, 1.54) is 0 Å². The number of nitrogens with zero attached hydrogens (tertiary/aromatic N) is 1. The molecule has 0 aromatic heterocycles. The average Bonchev–Trinajstić information content (AvgIpc) is 2.63. The van der Waals surface area contributed by atoms with Crippen LogP contribution in [-0.4, -0.2) is 12.6 Å². The van der Waals surface area contributed by atoms with E-state index in [9.17, 15) is 5.26 Å². The Balaban J connectivity index is 5.60. The highest BCUT2D eigenvalue weighted by Crippen LogP contribution is 2.18. The van der Waals surface area contributed by atoms with Crippen molar-refractivity contribution in [3.05, 3.63) is 83.8 Å². The van der Waals surface area contributed by atoms with Crippen molar-refractivity contribution in [3.8, 4) is 6.07 Å². The zero-order valence-electron chi connectivity index (χ0n) is 16.9. The van der Waals surface area contributed by atoms with E-state index >= 15 is 0 Å². The molecule has 0 aliphatic rings. The third kappa shape index (κ3) is 8.39. The molecule has 26 heavy (non-hydrogen) atoms. The molecule has 3 heteroatoms. The van der Waals surface area contributed by atoms with Crippen molar-refractivity contribution < 1.29 is 0 Å². The van der Waals surface area contributed by atoms with Gasteiger partial charge in [0.1, 0.15) is 0 Å². The van der Waals surface area contributed by atoms with Gasteiger partial charge in [0.2, 0.25) is 0 Å². The number of allylic oxidation sites excluding steroid dienone is 7. The van der Waals surface area contributed by atoms with Crippen molar-refractivity contribution in [2.75, 3.05) is 6.54 Å². The normalized spacial score (nSPS) is 14.4. The fourth-order valence-electron chi connectivity index (χ4n) is 2.23. The summed E-state index contributed by atoms with van der Waals surface area (Å²) in [6, 6.07) is 2.25. The van der Waals surface area contributed by atoms with Crippen LogP contribution in [0.2, 0.25) is 0 Å². The van der Waals surface area contributed by atoms with Crippen LogP contribution in [0.4, 0.5) is 0 Å². The standard InChI is InChI=1S/C23H33N3/c1-8-12-14-22(13-9-2)18(5)26-20(7)23(16-21(11-4)17-24)19(6)25-15-10-3/h8-9,11-14,16,18,25-26H,6-7,10,15H2,1-5H3/b12-8+,13-9-,21-11+,22-14+,23-16+. The lowest BCUT2D eigenvalue weighted by Crippen LogP contribution is -2.29. The molecule has 0 aliphatic heterocycles. The monoisotopic (exact) mass is 351 g/mol. The molecule has 1 atom stereocenters. The third-order valence-corrected chi connectivity index (χ3v) is 3.71.